The van der Waals surface area contributed by atoms with Crippen molar-refractivity contribution >= 4 is 15.7 Å². The summed E-state index contributed by atoms with van der Waals surface area (Å²) >= 11 is 0. The summed E-state index contributed by atoms with van der Waals surface area (Å²) in [5.41, 5.74) is 2.13. The zero-order valence-electron chi connectivity index (χ0n) is 11.8. The maximum Gasteiger partial charge on any atom is 0.240 e. The second-order valence-corrected chi connectivity index (χ2v) is 7.90. The van der Waals surface area contributed by atoms with E-state index in [0.29, 0.717) is 17.4 Å². The van der Waals surface area contributed by atoms with Gasteiger partial charge in [-0.3, -0.25) is 0 Å². The van der Waals surface area contributed by atoms with Gasteiger partial charge in [0.05, 0.1) is 17.0 Å². The van der Waals surface area contributed by atoms with E-state index < -0.39 is 10.0 Å². The summed E-state index contributed by atoms with van der Waals surface area (Å²) in [5, 5.41) is 3.23. The lowest BCUT2D eigenvalue weighted by Gasteiger charge is -2.19. The minimum absolute atomic E-state index is 0.0623. The Balaban J connectivity index is 1.55. The van der Waals surface area contributed by atoms with Crippen LogP contribution in [0.4, 0.5) is 5.69 Å². The monoisotopic (exact) mass is 308 g/mol. The molecule has 0 radical (unpaired) electrons. The number of anilines is 1. The number of hydrogen-bond donors (Lipinski definition) is 2. The maximum absolute atomic E-state index is 12.6. The molecule has 5 nitrogen and oxygen atoms in total. The van der Waals surface area contributed by atoms with Gasteiger partial charge in [-0.15, -0.1) is 0 Å². The van der Waals surface area contributed by atoms with Crippen LogP contribution in [-0.4, -0.2) is 33.7 Å². The lowest BCUT2D eigenvalue weighted by molar-refractivity contribution is 0.0848. The molecule has 114 valence electrons. The molecular weight excluding hydrogens is 288 g/mol. The molecule has 2 N–H and O–H groups in total. The first-order chi connectivity index (χ1) is 10.1. The molecule has 21 heavy (non-hydrogen) atoms. The van der Waals surface area contributed by atoms with Crippen LogP contribution < -0.4 is 10.0 Å². The fraction of sp³-hybridized carbons (Fsp3) is 0.600. The molecule has 4 rings (SSSR count). The van der Waals surface area contributed by atoms with Gasteiger partial charge in [-0.1, -0.05) is 6.07 Å². The molecule has 1 aliphatic carbocycles. The largest absolute Gasteiger partial charge is 0.384 e. The standard InChI is InChI=1S/C15H20N2O3S/c18-21(19,12-4-3-10-5-7-16-14(10)9-12)17-13-6-8-20-15(13)11-1-2-11/h3-4,9,11,13,15-17H,1-2,5-8H2. The number of benzene rings is 1. The van der Waals surface area contributed by atoms with Gasteiger partial charge in [0, 0.05) is 18.8 Å². The van der Waals surface area contributed by atoms with Crippen LogP contribution in [0.3, 0.4) is 0 Å². The van der Waals surface area contributed by atoms with Crippen LogP contribution in [0, 0.1) is 5.92 Å². The molecule has 0 amide bonds. The maximum atomic E-state index is 12.6. The van der Waals surface area contributed by atoms with Gasteiger partial charge in [0.25, 0.3) is 0 Å². The lowest BCUT2D eigenvalue weighted by Crippen LogP contribution is -2.41. The smallest absolute Gasteiger partial charge is 0.240 e. The van der Waals surface area contributed by atoms with Gasteiger partial charge < -0.3 is 10.1 Å². The van der Waals surface area contributed by atoms with E-state index in [-0.39, 0.29) is 12.1 Å². The van der Waals surface area contributed by atoms with Crippen molar-refractivity contribution in [3.05, 3.63) is 23.8 Å². The predicted molar refractivity (Wildman–Crippen MR) is 79.8 cm³/mol. The molecule has 1 aromatic carbocycles. The summed E-state index contributed by atoms with van der Waals surface area (Å²) in [7, 11) is -3.47. The summed E-state index contributed by atoms with van der Waals surface area (Å²) in [6.45, 7) is 1.53. The summed E-state index contributed by atoms with van der Waals surface area (Å²) in [6.07, 6.45) is 4.11. The van der Waals surface area contributed by atoms with E-state index >= 15 is 0 Å². The highest BCUT2D eigenvalue weighted by molar-refractivity contribution is 7.89. The Hall–Kier alpha value is -1.11. The molecule has 0 aromatic heterocycles. The Morgan fingerprint density at radius 2 is 2.10 bits per heavy atom. The van der Waals surface area contributed by atoms with Crippen LogP contribution in [0.5, 0.6) is 0 Å². The van der Waals surface area contributed by atoms with Crippen molar-refractivity contribution in [3.8, 4) is 0 Å². The second kappa shape index (κ2) is 4.97. The van der Waals surface area contributed by atoms with Crippen LogP contribution in [0.2, 0.25) is 0 Å². The summed E-state index contributed by atoms with van der Waals surface area (Å²) in [4.78, 5) is 0.345. The van der Waals surface area contributed by atoms with Crippen molar-refractivity contribution in [3.63, 3.8) is 0 Å². The number of nitrogens with one attached hydrogen (secondary N) is 2. The van der Waals surface area contributed by atoms with E-state index in [9.17, 15) is 8.42 Å². The van der Waals surface area contributed by atoms with Crippen LogP contribution in [0.1, 0.15) is 24.8 Å². The molecule has 1 saturated heterocycles. The normalized spacial score (nSPS) is 28.4. The fourth-order valence-corrected chi connectivity index (χ4v) is 4.64. The predicted octanol–water partition coefficient (Wildman–Crippen LogP) is 1.50. The van der Waals surface area contributed by atoms with Crippen LogP contribution in [-0.2, 0) is 21.2 Å². The van der Waals surface area contributed by atoms with Crippen molar-refractivity contribution in [1.82, 2.24) is 4.72 Å². The second-order valence-electron chi connectivity index (χ2n) is 6.19. The van der Waals surface area contributed by atoms with Crippen molar-refractivity contribution in [2.45, 2.75) is 42.7 Å². The Labute approximate surface area is 125 Å². The van der Waals surface area contributed by atoms with E-state index in [0.717, 1.165) is 37.9 Å². The van der Waals surface area contributed by atoms with Crippen LogP contribution in [0.25, 0.3) is 0 Å². The van der Waals surface area contributed by atoms with Crippen molar-refractivity contribution in [2.75, 3.05) is 18.5 Å². The molecular formula is C15H20N2O3S. The highest BCUT2D eigenvalue weighted by Crippen LogP contribution is 2.39. The highest BCUT2D eigenvalue weighted by Gasteiger charge is 2.42. The Morgan fingerprint density at radius 1 is 1.24 bits per heavy atom. The molecule has 6 heteroatoms. The molecule has 2 fully saturated rings. The third kappa shape index (κ3) is 2.56. The number of ether oxygens (including phenoxy) is 1. The van der Waals surface area contributed by atoms with Gasteiger partial charge in [0.15, 0.2) is 0 Å². The summed E-state index contributed by atoms with van der Waals surface area (Å²) in [5.74, 6) is 0.543. The number of sulfonamides is 1. The van der Waals surface area contributed by atoms with Gasteiger partial charge in [-0.2, -0.15) is 0 Å². The summed E-state index contributed by atoms with van der Waals surface area (Å²) < 4.78 is 33.7. The molecule has 2 unspecified atom stereocenters. The Morgan fingerprint density at radius 3 is 2.90 bits per heavy atom. The van der Waals surface area contributed by atoms with Gasteiger partial charge >= 0.3 is 0 Å². The first-order valence-electron chi connectivity index (χ1n) is 7.64. The molecule has 0 bridgehead atoms. The van der Waals surface area contributed by atoms with Gasteiger partial charge in [0.1, 0.15) is 0 Å². The molecule has 2 aliphatic heterocycles. The van der Waals surface area contributed by atoms with E-state index in [1.54, 1.807) is 12.1 Å². The molecule has 1 saturated carbocycles. The SMILES string of the molecule is O=S(=O)(NC1CCOC1C1CC1)c1ccc2c(c1)NCC2. The van der Waals surface area contributed by atoms with E-state index in [4.69, 9.17) is 4.74 Å². The third-order valence-electron chi connectivity index (χ3n) is 4.63. The molecule has 2 atom stereocenters. The first-order valence-corrected chi connectivity index (χ1v) is 9.12. The zero-order chi connectivity index (χ0) is 14.4. The molecule has 1 aromatic rings. The van der Waals surface area contributed by atoms with Crippen molar-refractivity contribution in [1.29, 1.82) is 0 Å². The minimum Gasteiger partial charge on any atom is -0.384 e. The van der Waals surface area contributed by atoms with E-state index in [2.05, 4.69) is 10.0 Å². The quantitative estimate of drug-likeness (QED) is 0.884. The number of rotatable bonds is 4. The molecule has 0 spiro atoms. The number of hydrogen-bond acceptors (Lipinski definition) is 4. The lowest BCUT2D eigenvalue weighted by atomic mass is 10.1. The van der Waals surface area contributed by atoms with Crippen molar-refractivity contribution < 1.29 is 13.2 Å². The zero-order valence-corrected chi connectivity index (χ0v) is 12.7. The average Bonchev–Trinajstić information content (AvgIpc) is 3.01. The summed E-state index contributed by atoms with van der Waals surface area (Å²) in [6, 6.07) is 5.28. The minimum atomic E-state index is -3.47. The fourth-order valence-electron chi connectivity index (χ4n) is 3.33. The molecule has 3 aliphatic rings. The van der Waals surface area contributed by atoms with Gasteiger partial charge in [-0.05, 0) is 49.3 Å². The van der Waals surface area contributed by atoms with Crippen LogP contribution >= 0.6 is 0 Å². The topological polar surface area (TPSA) is 67.4 Å². The van der Waals surface area contributed by atoms with E-state index in [1.807, 2.05) is 6.07 Å². The van der Waals surface area contributed by atoms with Crippen LogP contribution in [0.15, 0.2) is 23.1 Å². The first kappa shape index (κ1) is 13.5. The van der Waals surface area contributed by atoms with Crippen molar-refractivity contribution in [2.24, 2.45) is 5.92 Å². The third-order valence-corrected chi connectivity index (χ3v) is 6.12. The average molecular weight is 308 g/mol. The Bertz CT molecular complexity index is 655. The van der Waals surface area contributed by atoms with E-state index in [1.165, 1.54) is 5.56 Å². The molecule has 2 heterocycles. The Kier molecular flexibility index (Phi) is 3.20. The van der Waals surface area contributed by atoms with Gasteiger partial charge in [0.2, 0.25) is 10.0 Å². The number of fused-ring (bicyclic) bond motifs is 1. The highest BCUT2D eigenvalue weighted by atomic mass is 32.2. The van der Waals surface area contributed by atoms with Gasteiger partial charge in [-0.25, -0.2) is 13.1 Å².